The molecule has 2 saturated carbocycles. The van der Waals surface area contributed by atoms with E-state index in [0.29, 0.717) is 12.0 Å². The average Bonchev–Trinajstić information content (AvgIpc) is 3.00. The first kappa shape index (κ1) is 12.5. The number of fused-ring (bicyclic) bond motifs is 2. The van der Waals surface area contributed by atoms with Crippen molar-refractivity contribution in [3.8, 4) is 5.75 Å². The van der Waals surface area contributed by atoms with Crippen molar-refractivity contribution in [3.63, 3.8) is 0 Å². The third kappa shape index (κ3) is 2.75. The monoisotopic (exact) mass is 259 g/mol. The maximum Gasteiger partial charge on any atom is 0.258 e. The van der Waals surface area contributed by atoms with Crippen LogP contribution < -0.4 is 10.1 Å². The highest BCUT2D eigenvalue weighted by Crippen LogP contribution is 2.44. The Kier molecular flexibility index (Phi) is 3.45. The number of rotatable bonds is 4. The van der Waals surface area contributed by atoms with Gasteiger partial charge >= 0.3 is 0 Å². The Labute approximate surface area is 114 Å². The Morgan fingerprint density at radius 3 is 2.84 bits per heavy atom. The van der Waals surface area contributed by atoms with Crippen molar-refractivity contribution in [3.05, 3.63) is 29.8 Å². The molecule has 2 aliphatic carbocycles. The minimum absolute atomic E-state index is 0.0146. The van der Waals surface area contributed by atoms with Gasteiger partial charge in [0.2, 0.25) is 0 Å². The number of carbonyl (C=O) groups excluding carboxylic acids is 1. The number of benzene rings is 1. The first-order valence-electron chi connectivity index (χ1n) is 7.20. The predicted octanol–water partition coefficient (Wildman–Crippen LogP) is 2.68. The largest absolute Gasteiger partial charge is 0.484 e. The highest BCUT2D eigenvalue weighted by Gasteiger charge is 2.40. The van der Waals surface area contributed by atoms with Crippen LogP contribution in [0.3, 0.4) is 0 Å². The Bertz CT molecular complexity index is 472. The van der Waals surface area contributed by atoms with Crippen LogP contribution >= 0.6 is 0 Å². The fraction of sp³-hybridized carbons (Fsp3) is 0.562. The summed E-state index contributed by atoms with van der Waals surface area (Å²) in [6.45, 7) is 2.11. The van der Waals surface area contributed by atoms with Gasteiger partial charge in [0.1, 0.15) is 5.75 Å². The summed E-state index contributed by atoms with van der Waals surface area (Å²) in [6.07, 6.45) is 5.12. The van der Waals surface area contributed by atoms with Gasteiger partial charge in [-0.1, -0.05) is 24.6 Å². The molecule has 1 aromatic carbocycles. The summed E-state index contributed by atoms with van der Waals surface area (Å²) in [5.41, 5.74) is 1.07. The van der Waals surface area contributed by atoms with Crippen LogP contribution in [0.5, 0.6) is 5.75 Å². The molecule has 3 nitrogen and oxygen atoms in total. The lowest BCUT2D eigenvalue weighted by Crippen LogP contribution is -2.40. The van der Waals surface area contributed by atoms with Gasteiger partial charge < -0.3 is 10.1 Å². The molecule has 2 bridgehead atoms. The second kappa shape index (κ2) is 5.24. The second-order valence-corrected chi connectivity index (χ2v) is 5.90. The van der Waals surface area contributed by atoms with Gasteiger partial charge in [0.05, 0.1) is 0 Å². The number of nitrogens with one attached hydrogen (secondary N) is 1. The molecule has 0 aliphatic heterocycles. The molecule has 102 valence electrons. The fourth-order valence-corrected chi connectivity index (χ4v) is 3.53. The standard InChI is InChI=1S/C16H21NO2/c1-11-4-2-3-5-15(11)19-10-16(18)17-14-9-12-6-7-13(14)8-12/h2-5,12-14H,6-10H2,1H3,(H,17,18)/t12-,13-,14-/m1/s1. The Hall–Kier alpha value is -1.51. The molecule has 0 radical (unpaired) electrons. The van der Waals surface area contributed by atoms with E-state index in [1.54, 1.807) is 0 Å². The van der Waals surface area contributed by atoms with Crippen molar-refractivity contribution >= 4 is 5.91 Å². The Morgan fingerprint density at radius 2 is 2.16 bits per heavy atom. The maximum atomic E-state index is 11.9. The normalized spacial score (nSPS) is 28.4. The molecule has 3 rings (SSSR count). The lowest BCUT2D eigenvalue weighted by atomic mass is 9.95. The average molecular weight is 259 g/mol. The molecule has 19 heavy (non-hydrogen) atoms. The van der Waals surface area contributed by atoms with Crippen LogP contribution in [0.2, 0.25) is 0 Å². The molecule has 1 aromatic rings. The molecule has 0 saturated heterocycles. The lowest BCUT2D eigenvalue weighted by molar-refractivity contribution is -0.124. The lowest BCUT2D eigenvalue weighted by Gasteiger charge is -2.22. The van der Waals surface area contributed by atoms with Gasteiger partial charge in [-0.25, -0.2) is 0 Å². The van der Waals surface area contributed by atoms with Crippen molar-refractivity contribution < 1.29 is 9.53 Å². The molecule has 0 unspecified atom stereocenters. The SMILES string of the molecule is Cc1ccccc1OCC(=O)N[C@@H]1C[C@@H]2CC[C@@H]1C2. The first-order valence-corrected chi connectivity index (χ1v) is 7.20. The number of carbonyl (C=O) groups is 1. The molecule has 0 aromatic heterocycles. The quantitative estimate of drug-likeness (QED) is 0.902. The van der Waals surface area contributed by atoms with Gasteiger partial charge in [-0.3, -0.25) is 4.79 Å². The van der Waals surface area contributed by atoms with Crippen molar-refractivity contribution in [1.82, 2.24) is 5.32 Å². The van der Waals surface area contributed by atoms with E-state index in [-0.39, 0.29) is 12.5 Å². The summed E-state index contributed by atoms with van der Waals surface area (Å²) in [5.74, 6) is 2.38. The first-order chi connectivity index (χ1) is 9.22. The van der Waals surface area contributed by atoms with Gasteiger partial charge in [0, 0.05) is 6.04 Å². The van der Waals surface area contributed by atoms with E-state index in [1.165, 1.54) is 25.7 Å². The molecule has 0 heterocycles. The molecule has 3 heteroatoms. The molecule has 2 aliphatic rings. The third-order valence-electron chi connectivity index (χ3n) is 4.54. The summed E-state index contributed by atoms with van der Waals surface area (Å²) in [5, 5.41) is 3.14. The minimum atomic E-state index is 0.0146. The van der Waals surface area contributed by atoms with Crippen LogP contribution in [0.25, 0.3) is 0 Å². The minimum Gasteiger partial charge on any atom is -0.484 e. The topological polar surface area (TPSA) is 38.3 Å². The summed E-state index contributed by atoms with van der Waals surface area (Å²) < 4.78 is 5.58. The van der Waals surface area contributed by atoms with E-state index < -0.39 is 0 Å². The number of ether oxygens (including phenoxy) is 1. The third-order valence-corrected chi connectivity index (χ3v) is 4.54. The maximum absolute atomic E-state index is 11.9. The van der Waals surface area contributed by atoms with Gasteiger partial charge in [-0.2, -0.15) is 0 Å². The van der Waals surface area contributed by atoms with Gasteiger partial charge in [-0.05, 0) is 49.7 Å². The Morgan fingerprint density at radius 1 is 1.32 bits per heavy atom. The van der Waals surface area contributed by atoms with Crippen LogP contribution in [0.1, 0.15) is 31.2 Å². The highest BCUT2D eigenvalue weighted by atomic mass is 16.5. The van der Waals surface area contributed by atoms with Crippen LogP contribution in [0.4, 0.5) is 0 Å². The molecule has 1 N–H and O–H groups in total. The zero-order chi connectivity index (χ0) is 13.2. The molecule has 0 spiro atoms. The fourth-order valence-electron chi connectivity index (χ4n) is 3.53. The van der Waals surface area contributed by atoms with Crippen LogP contribution in [0, 0.1) is 18.8 Å². The van der Waals surface area contributed by atoms with E-state index in [2.05, 4.69) is 5.32 Å². The molecule has 3 atom stereocenters. The van der Waals surface area contributed by atoms with Crippen LogP contribution in [-0.4, -0.2) is 18.6 Å². The molecule has 2 fully saturated rings. The molecule has 1 amide bonds. The molecular weight excluding hydrogens is 238 g/mol. The second-order valence-electron chi connectivity index (χ2n) is 5.90. The summed E-state index contributed by atoms with van der Waals surface area (Å²) in [4.78, 5) is 11.9. The summed E-state index contributed by atoms with van der Waals surface area (Å²) in [7, 11) is 0. The van der Waals surface area contributed by atoms with Gasteiger partial charge in [0.15, 0.2) is 6.61 Å². The van der Waals surface area contributed by atoms with Crippen LogP contribution in [-0.2, 0) is 4.79 Å². The van der Waals surface area contributed by atoms with Gasteiger partial charge in [0.25, 0.3) is 5.91 Å². The number of aryl methyl sites for hydroxylation is 1. The zero-order valence-corrected chi connectivity index (χ0v) is 11.4. The predicted molar refractivity (Wildman–Crippen MR) is 74.1 cm³/mol. The number of hydrogen-bond donors (Lipinski definition) is 1. The number of hydrogen-bond acceptors (Lipinski definition) is 2. The van der Waals surface area contributed by atoms with Gasteiger partial charge in [-0.15, -0.1) is 0 Å². The van der Waals surface area contributed by atoms with E-state index in [9.17, 15) is 4.79 Å². The van der Waals surface area contributed by atoms with Crippen molar-refractivity contribution in [1.29, 1.82) is 0 Å². The molecular formula is C16H21NO2. The number of amides is 1. The van der Waals surface area contributed by atoms with E-state index >= 15 is 0 Å². The van der Waals surface area contributed by atoms with Crippen molar-refractivity contribution in [2.24, 2.45) is 11.8 Å². The van der Waals surface area contributed by atoms with E-state index in [0.717, 1.165) is 17.2 Å². The van der Waals surface area contributed by atoms with Crippen molar-refractivity contribution in [2.75, 3.05) is 6.61 Å². The zero-order valence-electron chi connectivity index (χ0n) is 11.4. The smallest absolute Gasteiger partial charge is 0.258 e. The summed E-state index contributed by atoms with van der Waals surface area (Å²) in [6, 6.07) is 8.18. The number of para-hydroxylation sites is 1. The van der Waals surface area contributed by atoms with E-state index in [4.69, 9.17) is 4.74 Å². The highest BCUT2D eigenvalue weighted by molar-refractivity contribution is 5.78. The van der Waals surface area contributed by atoms with Crippen LogP contribution in [0.15, 0.2) is 24.3 Å². The summed E-state index contributed by atoms with van der Waals surface area (Å²) >= 11 is 0. The Balaban J connectivity index is 1.48. The van der Waals surface area contributed by atoms with Crippen molar-refractivity contribution in [2.45, 2.75) is 38.6 Å². The van der Waals surface area contributed by atoms with E-state index in [1.807, 2.05) is 31.2 Å².